The SMILES string of the molecule is CCNC(=O)CN1CCCC(C(=O)NCCN)C1.Cl. The molecule has 2 amide bonds. The Morgan fingerprint density at radius 2 is 2.11 bits per heavy atom. The molecule has 7 heteroatoms. The van der Waals surface area contributed by atoms with Crippen molar-refractivity contribution >= 4 is 24.2 Å². The predicted molar refractivity (Wildman–Crippen MR) is 77.2 cm³/mol. The van der Waals surface area contributed by atoms with Gasteiger partial charge in [0.25, 0.3) is 0 Å². The Bertz CT molecular complexity index is 289. The summed E-state index contributed by atoms with van der Waals surface area (Å²) in [6, 6.07) is 0. The Morgan fingerprint density at radius 1 is 1.37 bits per heavy atom. The fourth-order valence-electron chi connectivity index (χ4n) is 2.21. The van der Waals surface area contributed by atoms with Crippen LogP contribution in [0.15, 0.2) is 0 Å². The molecule has 112 valence electrons. The maximum Gasteiger partial charge on any atom is 0.234 e. The lowest BCUT2D eigenvalue weighted by Crippen LogP contribution is -2.47. The number of hydrogen-bond donors (Lipinski definition) is 3. The van der Waals surface area contributed by atoms with Gasteiger partial charge in [0.2, 0.25) is 11.8 Å². The molecule has 1 fully saturated rings. The van der Waals surface area contributed by atoms with Crippen molar-refractivity contribution < 1.29 is 9.59 Å². The van der Waals surface area contributed by atoms with Crippen LogP contribution < -0.4 is 16.4 Å². The van der Waals surface area contributed by atoms with Gasteiger partial charge in [-0.15, -0.1) is 12.4 Å². The van der Waals surface area contributed by atoms with Crippen molar-refractivity contribution in [1.82, 2.24) is 15.5 Å². The molecule has 6 nitrogen and oxygen atoms in total. The molecule has 0 spiro atoms. The van der Waals surface area contributed by atoms with Gasteiger partial charge in [-0.2, -0.15) is 0 Å². The van der Waals surface area contributed by atoms with Crippen molar-refractivity contribution in [3.05, 3.63) is 0 Å². The first kappa shape index (κ1) is 18.1. The molecule has 1 aliphatic rings. The molecule has 0 aromatic heterocycles. The van der Waals surface area contributed by atoms with Gasteiger partial charge in [-0.05, 0) is 26.3 Å². The fraction of sp³-hybridized carbons (Fsp3) is 0.833. The molecular weight excluding hydrogens is 268 g/mol. The van der Waals surface area contributed by atoms with E-state index in [-0.39, 0.29) is 30.1 Å². The zero-order chi connectivity index (χ0) is 13.4. The maximum atomic E-state index is 11.8. The van der Waals surface area contributed by atoms with Crippen molar-refractivity contribution in [3.8, 4) is 0 Å². The van der Waals surface area contributed by atoms with Gasteiger partial charge >= 0.3 is 0 Å². The molecule has 1 rings (SSSR count). The largest absolute Gasteiger partial charge is 0.355 e. The van der Waals surface area contributed by atoms with Crippen LogP contribution in [-0.4, -0.2) is 56.0 Å². The van der Waals surface area contributed by atoms with Crippen LogP contribution in [0.3, 0.4) is 0 Å². The summed E-state index contributed by atoms with van der Waals surface area (Å²) in [7, 11) is 0. The summed E-state index contributed by atoms with van der Waals surface area (Å²) in [6.45, 7) is 5.46. The second-order valence-corrected chi connectivity index (χ2v) is 4.61. The van der Waals surface area contributed by atoms with E-state index in [1.54, 1.807) is 0 Å². The minimum atomic E-state index is -0.0141. The Morgan fingerprint density at radius 3 is 2.74 bits per heavy atom. The summed E-state index contributed by atoms with van der Waals surface area (Å²) >= 11 is 0. The van der Waals surface area contributed by atoms with E-state index in [1.807, 2.05) is 11.8 Å². The minimum absolute atomic E-state index is 0. The van der Waals surface area contributed by atoms with Crippen LogP contribution in [-0.2, 0) is 9.59 Å². The smallest absolute Gasteiger partial charge is 0.234 e. The molecule has 1 unspecified atom stereocenters. The molecule has 0 radical (unpaired) electrons. The number of carbonyl (C=O) groups excluding carboxylic acids is 2. The molecule has 1 aliphatic heterocycles. The number of nitrogens with zero attached hydrogens (tertiary/aromatic N) is 1. The highest BCUT2D eigenvalue weighted by atomic mass is 35.5. The Labute approximate surface area is 120 Å². The van der Waals surface area contributed by atoms with E-state index in [2.05, 4.69) is 10.6 Å². The normalized spacial score (nSPS) is 19.4. The van der Waals surface area contributed by atoms with Gasteiger partial charge in [0.15, 0.2) is 0 Å². The van der Waals surface area contributed by atoms with E-state index in [0.29, 0.717) is 32.7 Å². The van der Waals surface area contributed by atoms with E-state index in [1.165, 1.54) is 0 Å². The van der Waals surface area contributed by atoms with Crippen molar-refractivity contribution in [2.24, 2.45) is 11.7 Å². The first-order valence-electron chi connectivity index (χ1n) is 6.64. The van der Waals surface area contributed by atoms with Crippen molar-refractivity contribution in [2.45, 2.75) is 19.8 Å². The first-order chi connectivity index (χ1) is 8.67. The summed E-state index contributed by atoms with van der Waals surface area (Å²) in [6.07, 6.45) is 1.85. The number of nitrogens with two attached hydrogens (primary N) is 1. The third-order valence-corrected chi connectivity index (χ3v) is 3.06. The van der Waals surface area contributed by atoms with Crippen molar-refractivity contribution in [2.75, 3.05) is 39.3 Å². The van der Waals surface area contributed by atoms with E-state index >= 15 is 0 Å². The summed E-state index contributed by atoms with van der Waals surface area (Å²) in [5, 5.41) is 5.58. The number of amides is 2. The average molecular weight is 293 g/mol. The standard InChI is InChI=1S/C12H24N4O2.ClH/c1-2-14-11(17)9-16-7-3-4-10(8-16)12(18)15-6-5-13;/h10H,2-9,13H2,1H3,(H,14,17)(H,15,18);1H. The Balaban J connectivity index is 0.00000324. The van der Waals surface area contributed by atoms with Crippen LogP contribution in [0.1, 0.15) is 19.8 Å². The number of likely N-dealkylation sites (N-methyl/N-ethyl adjacent to an activating group) is 1. The van der Waals surface area contributed by atoms with Gasteiger partial charge < -0.3 is 16.4 Å². The highest BCUT2D eigenvalue weighted by molar-refractivity contribution is 5.85. The summed E-state index contributed by atoms with van der Waals surface area (Å²) in [4.78, 5) is 25.4. The Kier molecular flexibility index (Phi) is 9.55. The lowest BCUT2D eigenvalue weighted by molar-refractivity contribution is -0.128. The molecule has 1 heterocycles. The fourth-order valence-corrected chi connectivity index (χ4v) is 2.21. The van der Waals surface area contributed by atoms with Gasteiger partial charge in [0, 0.05) is 26.2 Å². The summed E-state index contributed by atoms with van der Waals surface area (Å²) < 4.78 is 0. The molecule has 0 aromatic rings. The molecule has 4 N–H and O–H groups in total. The van der Waals surface area contributed by atoms with Crippen LogP contribution in [0, 0.1) is 5.92 Å². The Hall–Kier alpha value is -0.850. The van der Waals surface area contributed by atoms with E-state index in [4.69, 9.17) is 5.73 Å². The van der Waals surface area contributed by atoms with Gasteiger partial charge in [0.05, 0.1) is 12.5 Å². The van der Waals surface area contributed by atoms with Gasteiger partial charge in [-0.25, -0.2) is 0 Å². The molecule has 0 aromatic carbocycles. The number of halogens is 1. The number of piperidine rings is 1. The van der Waals surface area contributed by atoms with Gasteiger partial charge in [-0.1, -0.05) is 0 Å². The third kappa shape index (κ3) is 6.75. The van der Waals surface area contributed by atoms with Crippen molar-refractivity contribution in [3.63, 3.8) is 0 Å². The second-order valence-electron chi connectivity index (χ2n) is 4.61. The summed E-state index contributed by atoms with van der Waals surface area (Å²) in [5.74, 6) is 0.0706. The minimum Gasteiger partial charge on any atom is -0.355 e. The molecule has 0 bridgehead atoms. The average Bonchev–Trinajstić information content (AvgIpc) is 2.36. The van der Waals surface area contributed by atoms with Crippen LogP contribution in [0.4, 0.5) is 0 Å². The van der Waals surface area contributed by atoms with Crippen LogP contribution >= 0.6 is 12.4 Å². The molecule has 0 aliphatic carbocycles. The monoisotopic (exact) mass is 292 g/mol. The van der Waals surface area contributed by atoms with Gasteiger partial charge in [0.1, 0.15) is 0 Å². The van der Waals surface area contributed by atoms with Gasteiger partial charge in [-0.3, -0.25) is 14.5 Å². The number of carbonyl (C=O) groups is 2. The number of likely N-dealkylation sites (tertiary alicyclic amines) is 1. The van der Waals surface area contributed by atoms with Crippen LogP contribution in [0.2, 0.25) is 0 Å². The molecule has 19 heavy (non-hydrogen) atoms. The highest BCUT2D eigenvalue weighted by Gasteiger charge is 2.26. The lowest BCUT2D eigenvalue weighted by atomic mass is 9.97. The second kappa shape index (κ2) is 10.00. The zero-order valence-corrected chi connectivity index (χ0v) is 12.3. The van der Waals surface area contributed by atoms with E-state index < -0.39 is 0 Å². The number of nitrogens with one attached hydrogen (secondary N) is 2. The zero-order valence-electron chi connectivity index (χ0n) is 11.5. The van der Waals surface area contributed by atoms with E-state index in [0.717, 1.165) is 19.4 Å². The molecule has 1 atom stereocenters. The number of rotatable bonds is 6. The third-order valence-electron chi connectivity index (χ3n) is 3.06. The topological polar surface area (TPSA) is 87.5 Å². The highest BCUT2D eigenvalue weighted by Crippen LogP contribution is 2.16. The van der Waals surface area contributed by atoms with E-state index in [9.17, 15) is 9.59 Å². The lowest BCUT2D eigenvalue weighted by Gasteiger charge is -2.31. The first-order valence-corrected chi connectivity index (χ1v) is 6.64. The van der Waals surface area contributed by atoms with Crippen molar-refractivity contribution in [1.29, 1.82) is 0 Å². The van der Waals surface area contributed by atoms with Crippen LogP contribution in [0.25, 0.3) is 0 Å². The number of hydrogen-bond acceptors (Lipinski definition) is 4. The predicted octanol–water partition coefficient (Wildman–Crippen LogP) is -0.669. The molecule has 0 saturated carbocycles. The quantitative estimate of drug-likeness (QED) is 0.606. The summed E-state index contributed by atoms with van der Waals surface area (Å²) in [5.41, 5.74) is 5.35. The molecular formula is C12H25ClN4O2. The maximum absolute atomic E-state index is 11.8. The molecule has 1 saturated heterocycles. The van der Waals surface area contributed by atoms with Crippen LogP contribution in [0.5, 0.6) is 0 Å².